The molecule has 0 rings (SSSR count). The minimum Gasteiger partial charge on any atom is -0.462 e. The number of carbonyl (C=O) groups is 3. The van der Waals surface area contributed by atoms with Crippen LogP contribution in [0.1, 0.15) is 34.1 Å². The summed E-state index contributed by atoms with van der Waals surface area (Å²) in [6.45, 7) is 6.48. The molecule has 0 atom stereocenters. The van der Waals surface area contributed by atoms with Crippen molar-refractivity contribution in [3.8, 4) is 0 Å². The van der Waals surface area contributed by atoms with Crippen LogP contribution in [0.5, 0.6) is 0 Å². The first-order chi connectivity index (χ1) is 8.86. The topological polar surface area (TPSA) is 78.9 Å². The average Bonchev–Trinajstić information content (AvgIpc) is 2.32. The first-order valence-corrected chi connectivity index (χ1v) is 6.08. The third kappa shape index (κ3) is 8.82. The zero-order valence-electron chi connectivity index (χ0n) is 11.7. The Morgan fingerprint density at radius 1 is 1.16 bits per heavy atom. The lowest BCUT2D eigenvalue weighted by Crippen LogP contribution is -2.19. The lowest BCUT2D eigenvalue weighted by molar-refractivity contribution is -0.158. The quantitative estimate of drug-likeness (QED) is 0.396. The van der Waals surface area contributed by atoms with Crippen LogP contribution in [0.25, 0.3) is 0 Å². The second-order valence-electron chi connectivity index (χ2n) is 4.11. The van der Waals surface area contributed by atoms with Crippen LogP contribution >= 0.6 is 0 Å². The van der Waals surface area contributed by atoms with Crippen LogP contribution in [0, 0.1) is 0 Å². The molecule has 0 saturated heterocycles. The molecule has 0 radical (unpaired) electrons. The van der Waals surface area contributed by atoms with Gasteiger partial charge in [0.25, 0.3) is 0 Å². The van der Waals surface area contributed by atoms with E-state index in [0.717, 1.165) is 6.08 Å². The van der Waals surface area contributed by atoms with Crippen molar-refractivity contribution in [2.75, 3.05) is 13.2 Å². The molecule has 19 heavy (non-hydrogen) atoms. The van der Waals surface area contributed by atoms with Crippen molar-refractivity contribution >= 4 is 17.9 Å². The van der Waals surface area contributed by atoms with Gasteiger partial charge in [-0.25, -0.2) is 14.4 Å². The molecule has 0 heterocycles. The van der Waals surface area contributed by atoms with Gasteiger partial charge in [-0.15, -0.1) is 0 Å². The molecular formula is C13H20O6. The molecule has 6 heteroatoms. The van der Waals surface area contributed by atoms with Crippen LogP contribution in [0.2, 0.25) is 0 Å². The Morgan fingerprint density at radius 2 is 1.79 bits per heavy atom. The lowest BCUT2D eigenvalue weighted by Gasteiger charge is -2.07. The number of ether oxygens (including phenoxy) is 3. The molecular weight excluding hydrogens is 252 g/mol. The Hall–Kier alpha value is -1.85. The highest BCUT2D eigenvalue weighted by Gasteiger charge is 2.11. The van der Waals surface area contributed by atoms with E-state index in [4.69, 9.17) is 9.47 Å². The van der Waals surface area contributed by atoms with Crippen molar-refractivity contribution in [3.05, 3.63) is 11.6 Å². The van der Waals surface area contributed by atoms with Crippen molar-refractivity contribution in [3.63, 3.8) is 0 Å². The van der Waals surface area contributed by atoms with Crippen molar-refractivity contribution < 1.29 is 28.6 Å². The molecule has 0 bridgehead atoms. The number of hydrogen-bond acceptors (Lipinski definition) is 6. The maximum atomic E-state index is 11.3. The fraction of sp³-hybridized carbons (Fsp3) is 0.615. The van der Waals surface area contributed by atoms with Gasteiger partial charge in [0.1, 0.15) is 0 Å². The van der Waals surface area contributed by atoms with E-state index in [1.807, 2.05) is 6.92 Å². The zero-order chi connectivity index (χ0) is 14.8. The highest BCUT2D eigenvalue weighted by atomic mass is 16.6. The van der Waals surface area contributed by atoms with E-state index in [0.29, 0.717) is 13.0 Å². The second kappa shape index (κ2) is 9.13. The Bertz CT molecular complexity index is 356. The molecule has 0 spiro atoms. The van der Waals surface area contributed by atoms with E-state index in [9.17, 15) is 14.4 Å². The van der Waals surface area contributed by atoms with E-state index in [1.165, 1.54) is 6.92 Å². The number of hydrogen-bond donors (Lipinski definition) is 0. The van der Waals surface area contributed by atoms with Crippen molar-refractivity contribution in [1.82, 2.24) is 0 Å². The van der Waals surface area contributed by atoms with E-state index in [1.54, 1.807) is 13.8 Å². The Kier molecular flexibility index (Phi) is 8.24. The van der Waals surface area contributed by atoms with Crippen LogP contribution in [-0.2, 0) is 28.6 Å². The van der Waals surface area contributed by atoms with Crippen molar-refractivity contribution in [2.24, 2.45) is 0 Å². The smallest absolute Gasteiger partial charge is 0.344 e. The van der Waals surface area contributed by atoms with Crippen LogP contribution in [0.4, 0.5) is 0 Å². The molecule has 6 nitrogen and oxygen atoms in total. The van der Waals surface area contributed by atoms with Crippen molar-refractivity contribution in [2.45, 2.75) is 40.2 Å². The molecule has 0 unspecified atom stereocenters. The molecule has 0 saturated carbocycles. The molecule has 0 amide bonds. The first kappa shape index (κ1) is 17.2. The van der Waals surface area contributed by atoms with Gasteiger partial charge in [-0.05, 0) is 27.2 Å². The van der Waals surface area contributed by atoms with Crippen LogP contribution in [-0.4, -0.2) is 37.2 Å². The largest absolute Gasteiger partial charge is 0.462 e. The maximum Gasteiger partial charge on any atom is 0.344 e. The van der Waals surface area contributed by atoms with Gasteiger partial charge in [0, 0.05) is 11.6 Å². The third-order valence-corrected chi connectivity index (χ3v) is 1.79. The highest BCUT2D eigenvalue weighted by molar-refractivity contribution is 5.96. The van der Waals surface area contributed by atoms with E-state index < -0.39 is 24.5 Å². The molecule has 0 aromatic heterocycles. The van der Waals surface area contributed by atoms with Crippen LogP contribution in [0.15, 0.2) is 11.6 Å². The molecule has 0 aliphatic heterocycles. The summed E-state index contributed by atoms with van der Waals surface area (Å²) in [5, 5.41) is 0. The summed E-state index contributed by atoms with van der Waals surface area (Å²) in [4.78, 5) is 33.7. The standard InChI is InChI=1S/C13H20O6/c1-5-6-17-13(16)10(4)7-11(14)18-8-12(15)19-9(2)3/h7,9H,5-6,8H2,1-4H3/b10-7-. The normalized spacial score (nSPS) is 11.1. The summed E-state index contributed by atoms with van der Waals surface area (Å²) < 4.78 is 14.2. The molecule has 0 fully saturated rings. The predicted octanol–water partition coefficient (Wildman–Crippen LogP) is 1.38. The highest BCUT2D eigenvalue weighted by Crippen LogP contribution is 1.99. The van der Waals surface area contributed by atoms with E-state index in [2.05, 4.69) is 4.74 Å². The summed E-state index contributed by atoms with van der Waals surface area (Å²) in [5.74, 6) is -2.00. The fourth-order valence-corrected chi connectivity index (χ4v) is 1.01. The summed E-state index contributed by atoms with van der Waals surface area (Å²) in [6.07, 6.45) is 1.41. The minimum atomic E-state index is -0.786. The predicted molar refractivity (Wildman–Crippen MR) is 67.2 cm³/mol. The zero-order valence-corrected chi connectivity index (χ0v) is 11.7. The summed E-state index contributed by atoms with van der Waals surface area (Å²) in [6, 6.07) is 0. The molecule has 0 aromatic rings. The van der Waals surface area contributed by atoms with Gasteiger partial charge >= 0.3 is 17.9 Å². The van der Waals surface area contributed by atoms with Gasteiger partial charge in [-0.2, -0.15) is 0 Å². The molecule has 0 aliphatic rings. The van der Waals surface area contributed by atoms with Gasteiger partial charge < -0.3 is 14.2 Å². The molecule has 0 N–H and O–H groups in total. The minimum absolute atomic E-state index is 0.121. The molecule has 0 aliphatic carbocycles. The maximum absolute atomic E-state index is 11.3. The number of esters is 3. The summed E-state index contributed by atoms with van der Waals surface area (Å²) >= 11 is 0. The fourth-order valence-electron chi connectivity index (χ4n) is 1.01. The summed E-state index contributed by atoms with van der Waals surface area (Å²) in [7, 11) is 0. The van der Waals surface area contributed by atoms with Gasteiger partial charge in [0.05, 0.1) is 12.7 Å². The average molecular weight is 272 g/mol. The summed E-state index contributed by atoms with van der Waals surface area (Å²) in [5.41, 5.74) is 0.121. The van der Waals surface area contributed by atoms with Gasteiger partial charge in [0.2, 0.25) is 0 Å². The number of rotatable bonds is 7. The number of carbonyl (C=O) groups excluding carboxylic acids is 3. The van der Waals surface area contributed by atoms with Gasteiger partial charge in [0.15, 0.2) is 6.61 Å². The van der Waals surface area contributed by atoms with E-state index >= 15 is 0 Å². The molecule has 108 valence electrons. The SMILES string of the molecule is CCCOC(=O)/C(C)=C\C(=O)OCC(=O)OC(C)C. The monoisotopic (exact) mass is 272 g/mol. The lowest BCUT2D eigenvalue weighted by atomic mass is 10.3. The molecule has 0 aromatic carbocycles. The second-order valence-corrected chi connectivity index (χ2v) is 4.11. The Labute approximate surface area is 112 Å². The first-order valence-electron chi connectivity index (χ1n) is 6.08. The van der Waals surface area contributed by atoms with Crippen molar-refractivity contribution in [1.29, 1.82) is 0 Å². The van der Waals surface area contributed by atoms with Crippen LogP contribution in [0.3, 0.4) is 0 Å². The Morgan fingerprint density at radius 3 is 2.32 bits per heavy atom. The van der Waals surface area contributed by atoms with Gasteiger partial charge in [-0.1, -0.05) is 6.92 Å². The van der Waals surface area contributed by atoms with Crippen LogP contribution < -0.4 is 0 Å². The van der Waals surface area contributed by atoms with Gasteiger partial charge in [-0.3, -0.25) is 0 Å². The Balaban J connectivity index is 4.14. The third-order valence-electron chi connectivity index (χ3n) is 1.79. The van der Waals surface area contributed by atoms with E-state index in [-0.39, 0.29) is 11.7 Å².